The van der Waals surface area contributed by atoms with Crippen LogP contribution in [0.3, 0.4) is 0 Å². The number of hydrogen-bond acceptors (Lipinski definition) is 0. The Morgan fingerprint density at radius 2 is 1.43 bits per heavy atom. The highest BCUT2D eigenvalue weighted by Crippen LogP contribution is 2.27. The monoisotopic (exact) mass is 400 g/mol. The minimum Gasteiger partial charge on any atom is -0.203 e. The number of allylic oxidation sites excluding steroid dienone is 1. The molecular formula is C28H26F2. The van der Waals surface area contributed by atoms with E-state index in [0.29, 0.717) is 17.5 Å². The molecule has 0 fully saturated rings. The van der Waals surface area contributed by atoms with Gasteiger partial charge in [-0.2, -0.15) is 0 Å². The average molecular weight is 401 g/mol. The van der Waals surface area contributed by atoms with Gasteiger partial charge in [-0.05, 0) is 66.6 Å². The molecule has 0 unspecified atom stereocenters. The van der Waals surface area contributed by atoms with Gasteiger partial charge in [0.15, 0.2) is 11.6 Å². The van der Waals surface area contributed by atoms with E-state index in [1.54, 1.807) is 24.3 Å². The summed E-state index contributed by atoms with van der Waals surface area (Å²) in [6, 6.07) is 18.8. The van der Waals surface area contributed by atoms with Crippen LogP contribution < -0.4 is 0 Å². The molecule has 2 heteroatoms. The van der Waals surface area contributed by atoms with Crippen LogP contribution >= 0.6 is 0 Å². The third-order valence-electron chi connectivity index (χ3n) is 5.10. The Bertz CT molecular complexity index is 1050. The molecule has 0 radical (unpaired) electrons. The van der Waals surface area contributed by atoms with Crippen LogP contribution in [0.25, 0.3) is 11.1 Å². The third kappa shape index (κ3) is 5.45. The fourth-order valence-electron chi connectivity index (χ4n) is 3.27. The molecule has 0 saturated heterocycles. The molecule has 0 N–H and O–H groups in total. The van der Waals surface area contributed by atoms with E-state index in [-0.39, 0.29) is 5.56 Å². The molecule has 3 aromatic carbocycles. The second-order valence-corrected chi connectivity index (χ2v) is 7.36. The normalized spacial score (nSPS) is 10.4. The summed E-state index contributed by atoms with van der Waals surface area (Å²) in [7, 11) is 0. The van der Waals surface area contributed by atoms with Crippen molar-refractivity contribution in [2.24, 2.45) is 0 Å². The number of unbranched alkanes of at least 4 members (excludes halogenated alkanes) is 1. The van der Waals surface area contributed by atoms with Gasteiger partial charge in [-0.25, -0.2) is 8.78 Å². The Hall–Kier alpha value is -3.18. The van der Waals surface area contributed by atoms with Gasteiger partial charge in [-0.15, -0.1) is 6.58 Å². The summed E-state index contributed by atoms with van der Waals surface area (Å²) in [6.45, 7) is 5.78. The Labute approximate surface area is 178 Å². The summed E-state index contributed by atoms with van der Waals surface area (Å²) in [4.78, 5) is 0. The Morgan fingerprint density at radius 1 is 0.800 bits per heavy atom. The Kier molecular flexibility index (Phi) is 7.57. The first-order chi connectivity index (χ1) is 14.6. The van der Waals surface area contributed by atoms with Gasteiger partial charge >= 0.3 is 0 Å². The maximum atomic E-state index is 14.5. The highest BCUT2D eigenvalue weighted by atomic mass is 19.2. The first-order valence-corrected chi connectivity index (χ1v) is 10.4. The zero-order valence-electron chi connectivity index (χ0n) is 17.3. The minimum absolute atomic E-state index is 0.280. The number of hydrogen-bond donors (Lipinski definition) is 0. The van der Waals surface area contributed by atoms with Crippen LogP contribution in [0.2, 0.25) is 0 Å². The SMILES string of the molecule is C=CCCc1ccc(C#Cc2ccc(-c3ccc(CCCC)c(F)c3F)cc2)cc1. The van der Waals surface area contributed by atoms with Crippen LogP contribution in [0.4, 0.5) is 8.78 Å². The molecule has 0 saturated carbocycles. The highest BCUT2D eigenvalue weighted by Gasteiger charge is 2.14. The molecule has 0 aliphatic carbocycles. The molecule has 0 bridgehead atoms. The fraction of sp³-hybridized carbons (Fsp3) is 0.214. The summed E-state index contributed by atoms with van der Waals surface area (Å²) in [6.07, 6.45) is 6.21. The molecule has 0 aliphatic heterocycles. The van der Waals surface area contributed by atoms with Gasteiger partial charge in [0, 0.05) is 16.7 Å². The zero-order chi connectivity index (χ0) is 21.3. The number of aryl methyl sites for hydroxylation is 2. The lowest BCUT2D eigenvalue weighted by atomic mass is 9.99. The second-order valence-electron chi connectivity index (χ2n) is 7.36. The van der Waals surface area contributed by atoms with Crippen LogP contribution in [0, 0.1) is 23.5 Å². The quantitative estimate of drug-likeness (QED) is 0.285. The van der Waals surface area contributed by atoms with Gasteiger partial charge < -0.3 is 0 Å². The van der Waals surface area contributed by atoms with Crippen molar-refractivity contribution in [1.29, 1.82) is 0 Å². The smallest absolute Gasteiger partial charge is 0.166 e. The maximum Gasteiger partial charge on any atom is 0.166 e. The van der Waals surface area contributed by atoms with Crippen molar-refractivity contribution in [1.82, 2.24) is 0 Å². The van der Waals surface area contributed by atoms with Crippen molar-refractivity contribution < 1.29 is 8.78 Å². The van der Waals surface area contributed by atoms with Gasteiger partial charge in [-0.1, -0.05) is 67.7 Å². The standard InChI is InChI=1S/C28H26F2/c1-3-5-7-21-9-11-22(12-10-21)13-14-23-15-17-24(18-16-23)26-20-19-25(8-6-4-2)27(29)28(26)30/h3,9-12,15-20H,1,4-8H2,2H3. The van der Waals surface area contributed by atoms with E-state index >= 15 is 0 Å². The van der Waals surface area contributed by atoms with E-state index in [1.165, 1.54) is 5.56 Å². The van der Waals surface area contributed by atoms with E-state index < -0.39 is 11.6 Å². The largest absolute Gasteiger partial charge is 0.203 e. The molecule has 0 heterocycles. The fourth-order valence-corrected chi connectivity index (χ4v) is 3.27. The molecule has 0 aliphatic rings. The number of halogens is 2. The molecule has 30 heavy (non-hydrogen) atoms. The molecule has 3 aromatic rings. The van der Waals surface area contributed by atoms with Crippen LogP contribution in [0.1, 0.15) is 48.4 Å². The number of benzene rings is 3. The van der Waals surface area contributed by atoms with Crippen LogP contribution in [0.15, 0.2) is 73.3 Å². The van der Waals surface area contributed by atoms with Gasteiger partial charge in [0.1, 0.15) is 0 Å². The van der Waals surface area contributed by atoms with E-state index in [9.17, 15) is 8.78 Å². The third-order valence-corrected chi connectivity index (χ3v) is 5.10. The van der Waals surface area contributed by atoms with Crippen LogP contribution in [-0.2, 0) is 12.8 Å². The predicted molar refractivity (Wildman–Crippen MR) is 121 cm³/mol. The first-order valence-electron chi connectivity index (χ1n) is 10.4. The van der Waals surface area contributed by atoms with E-state index in [2.05, 4.69) is 30.6 Å². The molecule has 0 aromatic heterocycles. The molecule has 0 amide bonds. The second kappa shape index (κ2) is 10.6. The van der Waals surface area contributed by atoms with Crippen molar-refractivity contribution in [3.63, 3.8) is 0 Å². The number of rotatable bonds is 7. The van der Waals surface area contributed by atoms with Crippen molar-refractivity contribution >= 4 is 0 Å². The van der Waals surface area contributed by atoms with E-state index in [0.717, 1.165) is 36.8 Å². The molecule has 3 rings (SSSR count). The van der Waals surface area contributed by atoms with Gasteiger partial charge in [0.25, 0.3) is 0 Å². The van der Waals surface area contributed by atoms with Crippen molar-refractivity contribution in [3.8, 4) is 23.0 Å². The topological polar surface area (TPSA) is 0 Å². The lowest BCUT2D eigenvalue weighted by Gasteiger charge is -2.09. The molecule has 0 spiro atoms. The van der Waals surface area contributed by atoms with Crippen molar-refractivity contribution in [2.75, 3.05) is 0 Å². The zero-order valence-corrected chi connectivity index (χ0v) is 17.3. The Morgan fingerprint density at radius 3 is 2.03 bits per heavy atom. The molecule has 0 nitrogen and oxygen atoms in total. The summed E-state index contributed by atoms with van der Waals surface area (Å²) in [5.41, 5.74) is 4.40. The van der Waals surface area contributed by atoms with E-state index in [1.807, 2.05) is 37.3 Å². The molecule has 0 atom stereocenters. The predicted octanol–water partition coefficient (Wildman–Crippen LogP) is 7.49. The van der Waals surface area contributed by atoms with Crippen LogP contribution in [0.5, 0.6) is 0 Å². The summed E-state index contributed by atoms with van der Waals surface area (Å²) < 4.78 is 28.9. The van der Waals surface area contributed by atoms with Gasteiger partial charge in [-0.3, -0.25) is 0 Å². The van der Waals surface area contributed by atoms with Gasteiger partial charge in [0.05, 0.1) is 0 Å². The van der Waals surface area contributed by atoms with Gasteiger partial charge in [0.2, 0.25) is 0 Å². The van der Waals surface area contributed by atoms with Crippen molar-refractivity contribution in [2.45, 2.75) is 39.0 Å². The van der Waals surface area contributed by atoms with Crippen molar-refractivity contribution in [3.05, 3.63) is 107 Å². The summed E-state index contributed by atoms with van der Waals surface area (Å²) in [5, 5.41) is 0. The molecular weight excluding hydrogens is 374 g/mol. The lowest BCUT2D eigenvalue weighted by molar-refractivity contribution is 0.499. The maximum absolute atomic E-state index is 14.5. The molecule has 152 valence electrons. The van der Waals surface area contributed by atoms with Crippen LogP contribution in [-0.4, -0.2) is 0 Å². The minimum atomic E-state index is -0.779. The average Bonchev–Trinajstić information content (AvgIpc) is 2.78. The Balaban J connectivity index is 1.74. The summed E-state index contributed by atoms with van der Waals surface area (Å²) >= 11 is 0. The lowest BCUT2D eigenvalue weighted by Crippen LogP contribution is -1.97. The van der Waals surface area contributed by atoms with E-state index in [4.69, 9.17) is 0 Å². The highest BCUT2D eigenvalue weighted by molar-refractivity contribution is 5.66. The summed E-state index contributed by atoms with van der Waals surface area (Å²) in [5.74, 6) is 4.76. The first kappa shape index (κ1) is 21.5.